The Morgan fingerprint density at radius 1 is 1.08 bits per heavy atom. The molecule has 1 fully saturated rings. The van der Waals surface area contributed by atoms with Crippen molar-refractivity contribution in [2.45, 2.75) is 33.1 Å². The number of piperazine rings is 1. The molecule has 36 heavy (non-hydrogen) atoms. The molecule has 1 aromatic carbocycles. The second-order valence-electron chi connectivity index (χ2n) is 9.72. The maximum Gasteiger partial charge on any atom is 0.231 e. The third kappa shape index (κ3) is 4.41. The number of aryl methyl sites for hydroxylation is 1. The smallest absolute Gasteiger partial charge is 0.231 e. The Morgan fingerprint density at radius 3 is 2.61 bits per heavy atom. The van der Waals surface area contributed by atoms with E-state index < -0.39 is 0 Å². The fraction of sp³-hybridized carbons (Fsp3) is 0.357. The first-order valence-corrected chi connectivity index (χ1v) is 13.4. The molecular formula is C28H29N5O2S. The molecule has 0 spiro atoms. The Labute approximate surface area is 214 Å². The van der Waals surface area contributed by atoms with Gasteiger partial charge in [0.15, 0.2) is 5.82 Å². The van der Waals surface area contributed by atoms with Crippen molar-refractivity contribution in [2.24, 2.45) is 5.92 Å². The summed E-state index contributed by atoms with van der Waals surface area (Å²) in [6, 6.07) is 12.1. The molecule has 0 saturated carbocycles. The number of nitrogens with zero attached hydrogens (tertiary/aromatic N) is 5. The van der Waals surface area contributed by atoms with Crippen LogP contribution in [0.5, 0.6) is 11.6 Å². The number of benzene rings is 1. The highest BCUT2D eigenvalue weighted by molar-refractivity contribution is 7.18. The predicted octanol–water partition coefficient (Wildman–Crippen LogP) is 5.34. The zero-order valence-electron chi connectivity index (χ0n) is 20.6. The summed E-state index contributed by atoms with van der Waals surface area (Å²) in [6.07, 6.45) is 6.85. The van der Waals surface area contributed by atoms with E-state index in [4.69, 9.17) is 14.7 Å². The number of thiophene rings is 1. The molecule has 184 valence electrons. The standard InChI is InChI=1S/C28H29N5O2S/c1-18-5-10-23-24(16-18)36-28-25(23)27(30-26(31-28)20-4-3-11-29-17-20)35-22-8-6-21(7-9-22)33-14-12-32(13-15-33)19(2)34/h3-4,6-9,11,17-18H,5,10,12-16H2,1-2H3. The van der Waals surface area contributed by atoms with Crippen LogP contribution in [0, 0.1) is 5.92 Å². The molecule has 4 heterocycles. The predicted molar refractivity (Wildman–Crippen MR) is 143 cm³/mol. The van der Waals surface area contributed by atoms with Crippen molar-refractivity contribution in [1.82, 2.24) is 19.9 Å². The first kappa shape index (κ1) is 22.9. The molecule has 1 atom stereocenters. The molecule has 2 aliphatic rings. The molecule has 0 bridgehead atoms. The van der Waals surface area contributed by atoms with Crippen LogP contribution < -0.4 is 9.64 Å². The lowest BCUT2D eigenvalue weighted by atomic mass is 9.89. The van der Waals surface area contributed by atoms with Crippen molar-refractivity contribution < 1.29 is 9.53 Å². The van der Waals surface area contributed by atoms with Crippen molar-refractivity contribution in [3.63, 3.8) is 0 Å². The molecule has 1 amide bonds. The van der Waals surface area contributed by atoms with Crippen molar-refractivity contribution in [1.29, 1.82) is 0 Å². The number of aromatic nitrogens is 3. The van der Waals surface area contributed by atoms with Crippen molar-refractivity contribution in [2.75, 3.05) is 31.1 Å². The van der Waals surface area contributed by atoms with Gasteiger partial charge in [0.1, 0.15) is 10.6 Å². The third-order valence-corrected chi connectivity index (χ3v) is 8.33. The highest BCUT2D eigenvalue weighted by Gasteiger charge is 2.25. The van der Waals surface area contributed by atoms with Crippen LogP contribution in [0.15, 0.2) is 48.8 Å². The lowest BCUT2D eigenvalue weighted by Gasteiger charge is -2.35. The van der Waals surface area contributed by atoms with Gasteiger partial charge in [-0.3, -0.25) is 9.78 Å². The monoisotopic (exact) mass is 499 g/mol. The number of hydrogen-bond donors (Lipinski definition) is 0. The first-order chi connectivity index (χ1) is 17.5. The van der Waals surface area contributed by atoms with E-state index in [1.165, 1.54) is 16.9 Å². The van der Waals surface area contributed by atoms with Crippen molar-refractivity contribution in [3.05, 3.63) is 59.2 Å². The van der Waals surface area contributed by atoms with Gasteiger partial charge < -0.3 is 14.5 Å². The maximum atomic E-state index is 11.6. The summed E-state index contributed by atoms with van der Waals surface area (Å²) in [6.45, 7) is 7.13. The number of amides is 1. The van der Waals surface area contributed by atoms with E-state index in [9.17, 15) is 4.79 Å². The highest BCUT2D eigenvalue weighted by Crippen LogP contribution is 2.42. The summed E-state index contributed by atoms with van der Waals surface area (Å²) in [7, 11) is 0. The quantitative estimate of drug-likeness (QED) is 0.378. The number of pyridine rings is 1. The average molecular weight is 500 g/mol. The van der Waals surface area contributed by atoms with E-state index in [0.29, 0.717) is 17.6 Å². The fourth-order valence-electron chi connectivity index (χ4n) is 5.12. The highest BCUT2D eigenvalue weighted by atomic mass is 32.1. The van der Waals surface area contributed by atoms with Gasteiger partial charge in [0.25, 0.3) is 0 Å². The molecule has 1 unspecified atom stereocenters. The van der Waals surface area contributed by atoms with E-state index in [1.54, 1.807) is 30.7 Å². The Bertz CT molecular complexity index is 1400. The molecule has 0 radical (unpaired) electrons. The van der Waals surface area contributed by atoms with Crippen LogP contribution >= 0.6 is 11.3 Å². The van der Waals surface area contributed by atoms with E-state index in [0.717, 1.165) is 66.2 Å². The Morgan fingerprint density at radius 2 is 1.89 bits per heavy atom. The van der Waals surface area contributed by atoms with Crippen LogP contribution in [-0.4, -0.2) is 51.9 Å². The summed E-state index contributed by atoms with van der Waals surface area (Å²) in [5, 5.41) is 1.05. The lowest BCUT2D eigenvalue weighted by molar-refractivity contribution is -0.129. The molecule has 4 aromatic rings. The molecule has 1 aliphatic heterocycles. The largest absolute Gasteiger partial charge is 0.438 e. The SMILES string of the molecule is CC(=O)N1CCN(c2ccc(Oc3nc(-c4cccnc4)nc4sc5c(c34)CCC(C)C5)cc2)CC1. The van der Waals surface area contributed by atoms with Crippen LogP contribution in [0.25, 0.3) is 21.6 Å². The molecule has 0 N–H and O–H groups in total. The second kappa shape index (κ2) is 9.50. The zero-order valence-corrected chi connectivity index (χ0v) is 21.4. The van der Waals surface area contributed by atoms with Crippen LogP contribution in [0.1, 0.15) is 30.7 Å². The number of rotatable bonds is 4. The van der Waals surface area contributed by atoms with E-state index in [1.807, 2.05) is 29.2 Å². The summed E-state index contributed by atoms with van der Waals surface area (Å²) < 4.78 is 6.46. The number of fused-ring (bicyclic) bond motifs is 3. The Hall–Kier alpha value is -3.52. The fourth-order valence-corrected chi connectivity index (χ4v) is 6.50. The molecule has 1 saturated heterocycles. The molecule has 6 rings (SSSR count). The normalized spacial score (nSPS) is 17.8. The lowest BCUT2D eigenvalue weighted by Crippen LogP contribution is -2.48. The minimum Gasteiger partial charge on any atom is -0.438 e. The molecule has 7 nitrogen and oxygen atoms in total. The molecular weight excluding hydrogens is 470 g/mol. The number of anilines is 1. The van der Waals surface area contributed by atoms with Gasteiger partial charge >= 0.3 is 0 Å². The van der Waals surface area contributed by atoms with Gasteiger partial charge in [-0.15, -0.1) is 11.3 Å². The van der Waals surface area contributed by atoms with E-state index in [2.05, 4.69) is 28.9 Å². The average Bonchev–Trinajstić information content (AvgIpc) is 3.27. The van der Waals surface area contributed by atoms with Crippen molar-refractivity contribution in [3.8, 4) is 23.0 Å². The zero-order chi connectivity index (χ0) is 24.6. The summed E-state index contributed by atoms with van der Waals surface area (Å²) in [5.74, 6) is 2.84. The van der Waals surface area contributed by atoms with Gasteiger partial charge in [0, 0.05) is 61.6 Å². The van der Waals surface area contributed by atoms with Crippen molar-refractivity contribution >= 4 is 33.1 Å². The molecule has 8 heteroatoms. The number of carbonyl (C=O) groups is 1. The summed E-state index contributed by atoms with van der Waals surface area (Å²) in [4.78, 5) is 32.3. The minimum atomic E-state index is 0.144. The van der Waals surface area contributed by atoms with Gasteiger partial charge in [-0.1, -0.05) is 6.92 Å². The van der Waals surface area contributed by atoms with Crippen LogP contribution in [0.2, 0.25) is 0 Å². The topological polar surface area (TPSA) is 71.5 Å². The molecule has 1 aliphatic carbocycles. The molecule has 3 aromatic heterocycles. The van der Waals surface area contributed by atoms with Crippen LogP contribution in [0.3, 0.4) is 0 Å². The van der Waals surface area contributed by atoms with E-state index >= 15 is 0 Å². The van der Waals surface area contributed by atoms with Crippen LogP contribution in [0.4, 0.5) is 5.69 Å². The van der Waals surface area contributed by atoms with Gasteiger partial charge in [0.05, 0.1) is 5.39 Å². The first-order valence-electron chi connectivity index (χ1n) is 12.6. The number of carbonyl (C=O) groups excluding carboxylic acids is 1. The third-order valence-electron chi connectivity index (χ3n) is 7.18. The number of hydrogen-bond acceptors (Lipinski definition) is 7. The summed E-state index contributed by atoms with van der Waals surface area (Å²) in [5.41, 5.74) is 3.36. The van der Waals surface area contributed by atoms with Gasteiger partial charge in [-0.05, 0) is 67.1 Å². The maximum absolute atomic E-state index is 11.6. The van der Waals surface area contributed by atoms with Gasteiger partial charge in [-0.25, -0.2) is 4.98 Å². The minimum absolute atomic E-state index is 0.144. The second-order valence-corrected chi connectivity index (χ2v) is 10.8. The van der Waals surface area contributed by atoms with Gasteiger partial charge in [0.2, 0.25) is 11.8 Å². The van der Waals surface area contributed by atoms with Gasteiger partial charge in [-0.2, -0.15) is 4.98 Å². The van der Waals surface area contributed by atoms with Crippen LogP contribution in [-0.2, 0) is 17.6 Å². The number of ether oxygens (including phenoxy) is 1. The Balaban J connectivity index is 1.32. The van der Waals surface area contributed by atoms with E-state index in [-0.39, 0.29) is 5.91 Å². The Kier molecular flexibility index (Phi) is 6.05. The summed E-state index contributed by atoms with van der Waals surface area (Å²) >= 11 is 1.77.